The van der Waals surface area contributed by atoms with Crippen molar-refractivity contribution in [2.24, 2.45) is 4.99 Å². The summed E-state index contributed by atoms with van der Waals surface area (Å²) < 4.78 is 28.7. The SMILES string of the molecule is N#C/N=C(/N1CCC1)N1CCP(=O)(c2cc(Cc3n[nH]c(=O)c4ccccc34)ccc2F)CC1. The van der Waals surface area contributed by atoms with Crippen LogP contribution in [0.3, 0.4) is 0 Å². The molecule has 1 aromatic heterocycles. The molecule has 0 aliphatic carbocycles. The van der Waals surface area contributed by atoms with Gasteiger partial charge in [-0.25, -0.2) is 9.49 Å². The van der Waals surface area contributed by atoms with Gasteiger partial charge in [0, 0.05) is 55.6 Å². The van der Waals surface area contributed by atoms with Crippen LogP contribution in [0.4, 0.5) is 4.39 Å². The second kappa shape index (κ2) is 9.03. The van der Waals surface area contributed by atoms with Crippen LogP contribution >= 0.6 is 7.14 Å². The topological polar surface area (TPSA) is 105 Å². The number of likely N-dealkylation sites (tertiary alicyclic amines) is 1. The monoisotopic (exact) mass is 478 g/mol. The van der Waals surface area contributed by atoms with Gasteiger partial charge in [0.25, 0.3) is 5.56 Å². The number of guanidine groups is 1. The fraction of sp³-hybridized carbons (Fsp3) is 0.333. The van der Waals surface area contributed by atoms with E-state index in [2.05, 4.69) is 15.2 Å². The first-order chi connectivity index (χ1) is 16.5. The van der Waals surface area contributed by atoms with Crippen molar-refractivity contribution in [1.29, 1.82) is 5.26 Å². The van der Waals surface area contributed by atoms with Gasteiger partial charge < -0.3 is 14.4 Å². The molecule has 0 amide bonds. The van der Waals surface area contributed by atoms with Crippen molar-refractivity contribution in [2.45, 2.75) is 12.8 Å². The van der Waals surface area contributed by atoms with Gasteiger partial charge in [-0.1, -0.05) is 24.3 Å². The third-order valence-electron chi connectivity index (χ3n) is 6.63. The molecule has 0 spiro atoms. The Morgan fingerprint density at radius 1 is 1.12 bits per heavy atom. The summed E-state index contributed by atoms with van der Waals surface area (Å²) >= 11 is 0. The second-order valence-electron chi connectivity index (χ2n) is 8.68. The van der Waals surface area contributed by atoms with E-state index >= 15 is 0 Å². The third kappa shape index (κ3) is 4.10. The zero-order valence-electron chi connectivity index (χ0n) is 18.6. The zero-order chi connectivity index (χ0) is 23.7. The second-order valence-corrected chi connectivity index (χ2v) is 11.8. The lowest BCUT2D eigenvalue weighted by Crippen LogP contribution is -2.53. The molecule has 2 aliphatic rings. The highest BCUT2D eigenvalue weighted by molar-refractivity contribution is 7.71. The van der Waals surface area contributed by atoms with Crippen molar-refractivity contribution >= 4 is 29.2 Å². The Bertz CT molecular complexity index is 1410. The van der Waals surface area contributed by atoms with E-state index in [-0.39, 0.29) is 10.9 Å². The maximum Gasteiger partial charge on any atom is 0.272 e. The largest absolute Gasteiger partial charge is 0.342 e. The summed E-state index contributed by atoms with van der Waals surface area (Å²) in [5.74, 6) is 0.165. The average molecular weight is 478 g/mol. The molecular formula is C24H24FN6O2P. The fourth-order valence-corrected chi connectivity index (χ4v) is 7.31. The molecule has 2 saturated heterocycles. The van der Waals surface area contributed by atoms with Crippen LogP contribution in [0.15, 0.2) is 52.3 Å². The number of hydrogen-bond donors (Lipinski definition) is 1. The maximum atomic E-state index is 14.9. The molecule has 34 heavy (non-hydrogen) atoms. The zero-order valence-corrected chi connectivity index (χ0v) is 19.5. The van der Waals surface area contributed by atoms with Crippen molar-refractivity contribution in [3.8, 4) is 6.19 Å². The van der Waals surface area contributed by atoms with Crippen molar-refractivity contribution in [1.82, 2.24) is 20.0 Å². The van der Waals surface area contributed by atoms with E-state index < -0.39 is 13.0 Å². The van der Waals surface area contributed by atoms with Gasteiger partial charge in [-0.15, -0.1) is 4.99 Å². The van der Waals surface area contributed by atoms with Crippen molar-refractivity contribution in [3.05, 3.63) is 69.9 Å². The molecule has 0 unspecified atom stereocenters. The van der Waals surface area contributed by atoms with Crippen LogP contribution in [0, 0.1) is 17.3 Å². The van der Waals surface area contributed by atoms with Gasteiger partial charge in [-0.3, -0.25) is 4.79 Å². The summed E-state index contributed by atoms with van der Waals surface area (Å²) in [5, 5.41) is 17.4. The van der Waals surface area contributed by atoms with Crippen LogP contribution in [-0.2, 0) is 11.0 Å². The molecule has 0 atom stereocenters. The first kappa shape index (κ1) is 22.3. The summed E-state index contributed by atoms with van der Waals surface area (Å²) in [5.41, 5.74) is 1.20. The highest BCUT2D eigenvalue weighted by Crippen LogP contribution is 2.47. The minimum Gasteiger partial charge on any atom is -0.342 e. The molecule has 3 aromatic rings. The number of halogens is 1. The Morgan fingerprint density at radius 3 is 2.50 bits per heavy atom. The van der Waals surface area contributed by atoms with E-state index in [1.54, 1.807) is 24.3 Å². The molecule has 2 fully saturated rings. The molecule has 3 heterocycles. The Labute approximate surface area is 196 Å². The third-order valence-corrected chi connectivity index (χ3v) is 9.70. The van der Waals surface area contributed by atoms with Crippen molar-refractivity contribution < 1.29 is 8.96 Å². The van der Waals surface area contributed by atoms with E-state index in [9.17, 15) is 13.8 Å². The molecular weight excluding hydrogens is 454 g/mol. The van der Waals surface area contributed by atoms with Crippen LogP contribution < -0.4 is 10.9 Å². The number of rotatable bonds is 3. The number of nitrogens with zero attached hydrogens (tertiary/aromatic N) is 5. The number of nitriles is 1. The van der Waals surface area contributed by atoms with E-state index in [0.717, 1.165) is 30.5 Å². The van der Waals surface area contributed by atoms with Gasteiger partial charge >= 0.3 is 0 Å². The summed E-state index contributed by atoms with van der Waals surface area (Å²) in [6.45, 7) is 2.64. The number of hydrogen-bond acceptors (Lipinski definition) is 5. The van der Waals surface area contributed by atoms with E-state index in [0.29, 0.717) is 48.9 Å². The normalized spacial score (nSPS) is 17.9. The average Bonchev–Trinajstić information content (AvgIpc) is 2.81. The molecule has 5 rings (SSSR count). The van der Waals surface area contributed by atoms with Crippen LogP contribution in [0.1, 0.15) is 17.7 Å². The molecule has 1 N–H and O–H groups in total. The van der Waals surface area contributed by atoms with Gasteiger partial charge in [0.05, 0.1) is 11.1 Å². The van der Waals surface area contributed by atoms with Crippen molar-refractivity contribution in [2.75, 3.05) is 38.5 Å². The van der Waals surface area contributed by atoms with Gasteiger partial charge in [0.2, 0.25) is 12.2 Å². The predicted octanol–water partition coefficient (Wildman–Crippen LogP) is 2.50. The van der Waals surface area contributed by atoms with Crippen LogP contribution in [0.5, 0.6) is 0 Å². The van der Waals surface area contributed by atoms with E-state index in [1.807, 2.05) is 28.1 Å². The van der Waals surface area contributed by atoms with Crippen LogP contribution in [-0.4, -0.2) is 64.5 Å². The Kier molecular flexibility index (Phi) is 5.93. The molecule has 2 aliphatic heterocycles. The smallest absolute Gasteiger partial charge is 0.272 e. The number of H-pyrrole nitrogens is 1. The van der Waals surface area contributed by atoms with Crippen molar-refractivity contribution in [3.63, 3.8) is 0 Å². The lowest BCUT2D eigenvalue weighted by Gasteiger charge is -2.41. The Balaban J connectivity index is 1.39. The molecule has 174 valence electrons. The minimum atomic E-state index is -2.96. The molecule has 8 nitrogen and oxygen atoms in total. The number of aromatic nitrogens is 2. The Hall–Kier alpha value is -3.50. The van der Waals surface area contributed by atoms with Gasteiger partial charge in [-0.05, 0) is 30.2 Å². The van der Waals surface area contributed by atoms with Gasteiger partial charge in [0.15, 0.2) is 0 Å². The number of benzene rings is 2. The van der Waals surface area contributed by atoms with E-state index in [1.165, 1.54) is 6.07 Å². The van der Waals surface area contributed by atoms with Gasteiger partial charge in [-0.2, -0.15) is 10.4 Å². The Morgan fingerprint density at radius 2 is 1.82 bits per heavy atom. The number of aromatic amines is 1. The summed E-state index contributed by atoms with van der Waals surface area (Å²) in [7, 11) is -2.96. The summed E-state index contributed by atoms with van der Waals surface area (Å²) in [6.07, 6.45) is 3.96. The number of fused-ring (bicyclic) bond motifs is 1. The predicted molar refractivity (Wildman–Crippen MR) is 129 cm³/mol. The van der Waals surface area contributed by atoms with Crippen LogP contribution in [0.2, 0.25) is 0 Å². The molecule has 10 heteroatoms. The van der Waals surface area contributed by atoms with E-state index in [4.69, 9.17) is 5.26 Å². The molecule has 2 aromatic carbocycles. The molecule has 0 bridgehead atoms. The highest BCUT2D eigenvalue weighted by atomic mass is 31.2. The summed E-state index contributed by atoms with van der Waals surface area (Å²) in [4.78, 5) is 20.1. The molecule has 0 radical (unpaired) electrons. The lowest BCUT2D eigenvalue weighted by atomic mass is 10.0. The van der Waals surface area contributed by atoms with Gasteiger partial charge in [0.1, 0.15) is 13.0 Å². The quantitative estimate of drug-likeness (QED) is 0.268. The number of nitrogens with one attached hydrogen (secondary N) is 1. The summed E-state index contributed by atoms with van der Waals surface area (Å²) in [6, 6.07) is 12.0. The fourth-order valence-electron chi connectivity index (χ4n) is 4.61. The lowest BCUT2D eigenvalue weighted by molar-refractivity contribution is 0.251. The maximum absolute atomic E-state index is 14.9. The minimum absolute atomic E-state index is 0.257. The highest BCUT2D eigenvalue weighted by Gasteiger charge is 2.36. The van der Waals surface area contributed by atoms with Crippen LogP contribution in [0.25, 0.3) is 10.8 Å². The first-order valence-corrected chi connectivity index (χ1v) is 13.4. The number of aliphatic imine (C=N–C) groups is 1. The standard InChI is InChI=1S/C24H24FN6O2P/c25-20-7-6-17(14-21-18-4-1-2-5-19(18)23(32)29-28-21)15-22(20)34(33)12-10-31(11-13-34)24(27-16-26)30-8-3-9-30/h1-2,4-7,15H,3,8-14H2,(H,29,32)/b27-24-. The first-order valence-electron chi connectivity index (χ1n) is 11.3. The molecule has 0 saturated carbocycles.